The number of hydrogen-bond donors (Lipinski definition) is 1. The van der Waals surface area contributed by atoms with Gasteiger partial charge in [-0.15, -0.1) is 11.3 Å². The minimum absolute atomic E-state index is 0.0160. The number of nitrogens with one attached hydrogen (secondary N) is 1. The highest BCUT2D eigenvalue weighted by molar-refractivity contribution is 7.13. The van der Waals surface area contributed by atoms with Gasteiger partial charge in [-0.25, -0.2) is 23.2 Å². The molecule has 14 heteroatoms. The van der Waals surface area contributed by atoms with Crippen molar-refractivity contribution in [1.29, 1.82) is 5.26 Å². The van der Waals surface area contributed by atoms with Crippen molar-refractivity contribution in [1.82, 2.24) is 24.6 Å². The van der Waals surface area contributed by atoms with Gasteiger partial charge in [0.25, 0.3) is 6.43 Å². The number of nitrogens with zero attached hydrogens (tertiary/aromatic N) is 5. The van der Waals surface area contributed by atoms with Crippen molar-refractivity contribution in [2.45, 2.75) is 84.7 Å². The van der Waals surface area contributed by atoms with Crippen LogP contribution in [-0.2, 0) is 22.7 Å². The molecule has 240 valence electrons. The Morgan fingerprint density at radius 1 is 1.31 bits per heavy atom. The second kappa shape index (κ2) is 12.5. The fourth-order valence-electron chi connectivity index (χ4n) is 5.26. The second-order valence-electron chi connectivity index (χ2n) is 13.3. The van der Waals surface area contributed by atoms with Gasteiger partial charge in [-0.05, 0) is 51.9 Å². The third-order valence-corrected chi connectivity index (χ3v) is 9.83. The van der Waals surface area contributed by atoms with Gasteiger partial charge in [-0.1, -0.05) is 19.6 Å². The third-order valence-electron chi connectivity index (χ3n) is 7.17. The Morgan fingerprint density at radius 2 is 2.07 bits per heavy atom. The van der Waals surface area contributed by atoms with Crippen LogP contribution in [0.15, 0.2) is 24.4 Å². The molecule has 0 spiro atoms. The number of halogens is 2. The highest BCUT2D eigenvalue weighted by Gasteiger charge is 2.36. The van der Waals surface area contributed by atoms with Crippen LogP contribution >= 0.6 is 11.3 Å². The molecule has 4 aromatic rings. The average Bonchev–Trinajstić information content (AvgIpc) is 3.59. The standard InChI is InChI=1S/C31H38F2N6O4SSi/c1-18-13-21(22(14-34)44-18)23-20-9-8-10-35-28(20)38(17-41-11-12-45(5,6)7)26(23)24-25(27(32)33)37-39-15-19(16-42-29(24)39)36-30(40)43-31(2,3)4/h8-10,13,19,27H,11-12,15-17H2,1-7H3,(H,36,40)/t19-/m0/s1. The van der Waals surface area contributed by atoms with Gasteiger partial charge in [0, 0.05) is 42.3 Å². The maximum absolute atomic E-state index is 14.9. The van der Waals surface area contributed by atoms with E-state index in [9.17, 15) is 18.8 Å². The first kappa shape index (κ1) is 32.6. The van der Waals surface area contributed by atoms with Crippen LogP contribution in [0.3, 0.4) is 0 Å². The molecule has 1 N–H and O–H groups in total. The molecule has 0 aromatic carbocycles. The summed E-state index contributed by atoms with van der Waals surface area (Å²) in [6.07, 6.45) is -1.94. The molecule has 4 aromatic heterocycles. The molecule has 1 aliphatic heterocycles. The lowest BCUT2D eigenvalue weighted by Crippen LogP contribution is -2.46. The fourth-order valence-corrected chi connectivity index (χ4v) is 6.84. The molecule has 0 saturated heterocycles. The molecule has 1 aliphatic rings. The maximum Gasteiger partial charge on any atom is 0.408 e. The number of carbonyl (C=O) groups excluding carboxylic acids is 1. The first-order valence-corrected chi connectivity index (χ1v) is 19.3. The van der Waals surface area contributed by atoms with E-state index < -0.39 is 37.9 Å². The molecular formula is C31H38F2N6O4SSi. The highest BCUT2D eigenvalue weighted by atomic mass is 32.1. The Balaban J connectivity index is 1.68. The highest BCUT2D eigenvalue weighted by Crippen LogP contribution is 2.49. The summed E-state index contributed by atoms with van der Waals surface area (Å²) in [5, 5.41) is 17.8. The first-order chi connectivity index (χ1) is 21.2. The second-order valence-corrected chi connectivity index (χ2v) is 20.2. The number of aromatic nitrogens is 4. The maximum atomic E-state index is 14.9. The number of thiophene rings is 1. The minimum atomic E-state index is -2.95. The zero-order valence-electron chi connectivity index (χ0n) is 26.5. The van der Waals surface area contributed by atoms with Crippen LogP contribution in [-0.4, -0.2) is 58.4 Å². The topological polar surface area (TPSA) is 116 Å². The van der Waals surface area contributed by atoms with Crippen molar-refractivity contribution in [3.63, 3.8) is 0 Å². The van der Waals surface area contributed by atoms with Gasteiger partial charge in [0.2, 0.25) is 5.88 Å². The number of ether oxygens (including phenoxy) is 3. The van der Waals surface area contributed by atoms with Gasteiger partial charge in [0.05, 0.1) is 23.8 Å². The lowest BCUT2D eigenvalue weighted by molar-refractivity contribution is 0.0460. The Hall–Kier alpha value is -3.80. The van der Waals surface area contributed by atoms with Gasteiger partial charge in [0.15, 0.2) is 0 Å². The summed E-state index contributed by atoms with van der Waals surface area (Å²) in [5.74, 6) is 0.144. The fraction of sp³-hybridized carbons (Fsp3) is 0.484. The summed E-state index contributed by atoms with van der Waals surface area (Å²) in [4.78, 5) is 18.5. The molecule has 0 aliphatic carbocycles. The quantitative estimate of drug-likeness (QED) is 0.148. The number of hydrogen-bond acceptors (Lipinski definition) is 8. The molecule has 0 unspecified atom stereocenters. The van der Waals surface area contributed by atoms with Crippen molar-refractivity contribution in [3.05, 3.63) is 39.8 Å². The number of carbonyl (C=O) groups is 1. The van der Waals surface area contributed by atoms with E-state index in [1.807, 2.05) is 19.1 Å². The van der Waals surface area contributed by atoms with E-state index in [2.05, 4.69) is 41.1 Å². The molecule has 1 atom stereocenters. The normalized spacial score (nSPS) is 15.2. The average molecular weight is 657 g/mol. The van der Waals surface area contributed by atoms with E-state index in [1.54, 1.807) is 37.6 Å². The number of pyridine rings is 1. The van der Waals surface area contributed by atoms with Crippen molar-refractivity contribution in [2.24, 2.45) is 0 Å². The Morgan fingerprint density at radius 3 is 2.73 bits per heavy atom. The number of fused-ring (bicyclic) bond motifs is 2. The molecule has 0 bridgehead atoms. The zero-order valence-corrected chi connectivity index (χ0v) is 28.3. The molecule has 0 saturated carbocycles. The predicted molar refractivity (Wildman–Crippen MR) is 171 cm³/mol. The van der Waals surface area contributed by atoms with E-state index in [0.29, 0.717) is 39.3 Å². The van der Waals surface area contributed by atoms with Crippen molar-refractivity contribution in [3.8, 4) is 34.3 Å². The molecule has 10 nitrogen and oxygen atoms in total. The molecule has 1 amide bonds. The number of amides is 1. The van der Waals surface area contributed by atoms with Crippen molar-refractivity contribution in [2.75, 3.05) is 13.2 Å². The van der Waals surface area contributed by atoms with Crippen LogP contribution in [0.4, 0.5) is 13.6 Å². The van der Waals surface area contributed by atoms with Crippen LogP contribution in [0.2, 0.25) is 25.7 Å². The summed E-state index contributed by atoms with van der Waals surface area (Å²) in [5.41, 5.74) is 1.06. The lowest BCUT2D eigenvalue weighted by atomic mass is 9.98. The van der Waals surface area contributed by atoms with Gasteiger partial charge in [0.1, 0.15) is 41.2 Å². The van der Waals surface area contributed by atoms with E-state index in [0.717, 1.165) is 10.9 Å². The summed E-state index contributed by atoms with van der Waals surface area (Å²) in [7, 11) is -1.40. The summed E-state index contributed by atoms with van der Waals surface area (Å²) in [6.45, 7) is 14.6. The number of nitriles is 1. The molecule has 0 fully saturated rings. The molecule has 0 radical (unpaired) electrons. The summed E-state index contributed by atoms with van der Waals surface area (Å²) < 4.78 is 50.6. The smallest absolute Gasteiger partial charge is 0.408 e. The molecule has 5 heterocycles. The van der Waals surface area contributed by atoms with E-state index in [1.165, 1.54) is 16.0 Å². The van der Waals surface area contributed by atoms with E-state index in [4.69, 9.17) is 14.2 Å². The van der Waals surface area contributed by atoms with Crippen molar-refractivity contribution >= 4 is 36.5 Å². The lowest BCUT2D eigenvalue weighted by Gasteiger charge is -2.27. The first-order valence-electron chi connectivity index (χ1n) is 14.7. The Bertz CT molecular complexity index is 1760. The molecule has 5 rings (SSSR count). The number of rotatable bonds is 9. The molecule has 45 heavy (non-hydrogen) atoms. The predicted octanol–water partition coefficient (Wildman–Crippen LogP) is 7.34. The number of alkyl carbamates (subject to hydrolysis) is 1. The Labute approximate surface area is 265 Å². The zero-order chi connectivity index (χ0) is 32.7. The minimum Gasteiger partial charge on any atom is -0.475 e. The van der Waals surface area contributed by atoms with Gasteiger partial charge >= 0.3 is 6.09 Å². The summed E-state index contributed by atoms with van der Waals surface area (Å²) >= 11 is 1.34. The SMILES string of the molecule is Cc1cc(-c2c(-c3c(C(F)F)nn4c3OC[C@@H](NC(=O)OC(C)(C)C)C4)n(COCC[Si](C)(C)C)c3ncccc23)c(C#N)s1. The van der Waals surface area contributed by atoms with Crippen LogP contribution < -0.4 is 10.1 Å². The third kappa shape index (κ3) is 7.05. The van der Waals surface area contributed by atoms with Crippen LogP contribution in [0, 0.1) is 18.3 Å². The number of aryl methyl sites for hydroxylation is 1. The van der Waals surface area contributed by atoms with Gasteiger partial charge in [-0.3, -0.25) is 0 Å². The summed E-state index contributed by atoms with van der Waals surface area (Å²) in [6, 6.07) is 8.18. The van der Waals surface area contributed by atoms with Crippen molar-refractivity contribution < 1.29 is 27.8 Å². The van der Waals surface area contributed by atoms with Crippen LogP contribution in [0.5, 0.6) is 5.88 Å². The largest absolute Gasteiger partial charge is 0.475 e. The van der Waals surface area contributed by atoms with E-state index in [-0.39, 0.29) is 31.3 Å². The van der Waals surface area contributed by atoms with Crippen LogP contribution in [0.1, 0.15) is 42.6 Å². The Kier molecular flexibility index (Phi) is 9.08. The number of alkyl halides is 2. The monoisotopic (exact) mass is 656 g/mol. The van der Waals surface area contributed by atoms with Crippen LogP contribution in [0.25, 0.3) is 33.4 Å². The van der Waals surface area contributed by atoms with E-state index >= 15 is 0 Å². The van der Waals surface area contributed by atoms with Gasteiger partial charge in [-0.2, -0.15) is 10.4 Å². The van der Waals surface area contributed by atoms with Gasteiger partial charge < -0.3 is 24.1 Å². The molecular weight excluding hydrogens is 619 g/mol.